The van der Waals surface area contributed by atoms with Gasteiger partial charge in [-0.2, -0.15) is 0 Å². The third kappa shape index (κ3) is 28.9. The maximum absolute atomic E-state index is 10.6. The van der Waals surface area contributed by atoms with Gasteiger partial charge in [-0.1, -0.05) is 44.6 Å². The van der Waals surface area contributed by atoms with Crippen LogP contribution in [0.4, 0.5) is 0 Å². The van der Waals surface area contributed by atoms with Gasteiger partial charge in [-0.25, -0.2) is 0 Å². The topological polar surface area (TPSA) is 256 Å². The number of nitrogens with one attached hydrogen (secondary N) is 6. The molecule has 0 aliphatic carbocycles. The molecular formula is C42H90N6O10. The lowest BCUT2D eigenvalue weighted by Gasteiger charge is -2.01. The summed E-state index contributed by atoms with van der Waals surface area (Å²) in [5.74, 6) is 1.03. The van der Waals surface area contributed by atoms with Gasteiger partial charge in [0.25, 0.3) is 0 Å². The first-order valence-corrected chi connectivity index (χ1v) is 18.6. The molecule has 10 atom stereocenters. The third-order valence-electron chi connectivity index (χ3n) is 9.50. The third-order valence-corrected chi connectivity index (χ3v) is 9.50. The van der Waals surface area contributed by atoms with Crippen LogP contribution in [0.15, 0.2) is 0 Å². The Morgan fingerprint density at radius 1 is 0.345 bits per heavy atom. The van der Waals surface area contributed by atoms with E-state index in [4.69, 9.17) is 20.4 Å². The van der Waals surface area contributed by atoms with Crippen molar-refractivity contribution in [2.24, 2.45) is 0 Å². The Kier molecular flexibility index (Phi) is 42.4. The fraction of sp³-hybridized carbons (Fsp3) is 0.857. The number of carbonyl (C=O) groups is 6. The van der Waals surface area contributed by atoms with Crippen LogP contribution >= 0.6 is 0 Å². The Hall–Kier alpha value is -2.38. The number of ketones is 6. The van der Waals surface area contributed by atoms with Crippen LogP contribution in [0.5, 0.6) is 0 Å². The molecule has 0 spiro atoms. The summed E-state index contributed by atoms with van der Waals surface area (Å²) >= 11 is 0. The van der Waals surface area contributed by atoms with E-state index >= 15 is 0 Å². The molecule has 0 amide bonds. The van der Waals surface area contributed by atoms with Gasteiger partial charge < -0.3 is 52.3 Å². The van der Waals surface area contributed by atoms with Crippen molar-refractivity contribution in [3.8, 4) is 0 Å². The monoisotopic (exact) mass is 839 g/mol. The first-order chi connectivity index (χ1) is 24.4. The first kappa shape index (κ1) is 67.4. The van der Waals surface area contributed by atoms with Crippen molar-refractivity contribution in [3.63, 3.8) is 0 Å². The Balaban J connectivity index is -0.000000137. The van der Waals surface area contributed by atoms with E-state index in [0.29, 0.717) is 51.9 Å². The molecule has 58 heavy (non-hydrogen) atoms. The molecule has 0 aromatic rings. The molecule has 6 heterocycles. The number of rotatable bonds is 6. The summed E-state index contributed by atoms with van der Waals surface area (Å²) in [7, 11) is 0. The lowest BCUT2D eigenvalue weighted by atomic mass is 10.1. The lowest BCUT2D eigenvalue weighted by Crippen LogP contribution is -2.28. The maximum atomic E-state index is 10.6. The van der Waals surface area contributed by atoms with Crippen molar-refractivity contribution >= 4 is 34.7 Å². The SMILES string of the molecule is C.C.C.C.C.C.CC(=O)C1C[C@@H](O)CN1.CC(=O)C1C[C@H](O)CN1.CC(=O)[C@@H]1CCCN1.CC(=O)[C@@H]1C[C@H](O)CN1.CC(=O)[C@H]1CCCN1.CC(=O)[C@H]1C[C@@H](O)CN1. The molecule has 6 saturated heterocycles. The van der Waals surface area contributed by atoms with Crippen molar-refractivity contribution < 1.29 is 49.2 Å². The zero-order chi connectivity index (χ0) is 39.4. The van der Waals surface area contributed by atoms with Crippen molar-refractivity contribution in [3.05, 3.63) is 0 Å². The van der Waals surface area contributed by atoms with E-state index in [1.54, 1.807) is 13.8 Å². The molecule has 6 aliphatic rings. The van der Waals surface area contributed by atoms with Crippen LogP contribution in [0.1, 0.15) is 137 Å². The van der Waals surface area contributed by atoms with E-state index in [0.717, 1.165) is 38.8 Å². The zero-order valence-corrected chi connectivity index (χ0v) is 31.9. The highest BCUT2D eigenvalue weighted by Gasteiger charge is 2.27. The van der Waals surface area contributed by atoms with Crippen LogP contribution in [0.2, 0.25) is 0 Å². The predicted octanol–water partition coefficient (Wildman–Crippen LogP) is 1.66. The Morgan fingerprint density at radius 3 is 0.603 bits per heavy atom. The average Bonchev–Trinajstić information content (AvgIpc) is 3.92. The number of aliphatic hydroxyl groups excluding tert-OH is 4. The number of carbonyl (C=O) groups excluding carboxylic acids is 6. The first-order valence-electron chi connectivity index (χ1n) is 18.6. The molecule has 0 bridgehead atoms. The minimum Gasteiger partial charge on any atom is -0.392 e. The van der Waals surface area contributed by atoms with Gasteiger partial charge in [-0.05, 0) is 106 Å². The highest BCUT2D eigenvalue weighted by atomic mass is 16.3. The number of hydrogen-bond acceptors (Lipinski definition) is 16. The van der Waals surface area contributed by atoms with Crippen molar-refractivity contribution in [2.45, 2.75) is 198 Å². The minimum absolute atomic E-state index is 0. The number of hydrogen-bond donors (Lipinski definition) is 10. The Bertz CT molecular complexity index is 988. The zero-order valence-electron chi connectivity index (χ0n) is 31.9. The fourth-order valence-electron chi connectivity index (χ4n) is 6.17. The van der Waals surface area contributed by atoms with E-state index in [1.807, 2.05) is 0 Å². The molecule has 6 rings (SSSR count). The van der Waals surface area contributed by atoms with E-state index in [9.17, 15) is 28.8 Å². The Morgan fingerprint density at radius 2 is 0.534 bits per heavy atom. The molecule has 16 nitrogen and oxygen atoms in total. The number of aliphatic hydroxyl groups is 4. The highest BCUT2D eigenvalue weighted by molar-refractivity contribution is 5.83. The van der Waals surface area contributed by atoms with Gasteiger partial charge in [-0.3, -0.25) is 28.8 Å². The maximum Gasteiger partial charge on any atom is 0.146 e. The van der Waals surface area contributed by atoms with E-state index < -0.39 is 0 Å². The molecule has 10 N–H and O–H groups in total. The van der Waals surface area contributed by atoms with E-state index in [2.05, 4.69) is 31.9 Å². The summed E-state index contributed by atoms with van der Waals surface area (Å²) in [5.41, 5.74) is 0. The standard InChI is InChI=1S/4C6H11NO2.2C6H11NO.6CH4/c4*1-4(8)6-2-5(9)3-7-6;2*1-5(8)6-3-2-4-7-6;;;;;;/h4*5-7,9H,2-3H2,1H3;2*6-7H,2-4H2,1H3;6*1H4/t2*5-,6?;2*5-,6-;2*6-;;;;;;/m101010....../s1. The number of Topliss-reactive ketones (excluding diaryl/α,β-unsaturated/α-hetero) is 6. The van der Waals surface area contributed by atoms with Crippen LogP contribution in [0, 0.1) is 0 Å². The summed E-state index contributed by atoms with van der Waals surface area (Å²) in [6.07, 6.45) is 5.42. The van der Waals surface area contributed by atoms with Crippen LogP contribution in [0.3, 0.4) is 0 Å². The molecule has 6 fully saturated rings. The summed E-state index contributed by atoms with van der Waals surface area (Å²) < 4.78 is 0. The summed E-state index contributed by atoms with van der Waals surface area (Å²) in [6, 6.07) is -0.0370. The van der Waals surface area contributed by atoms with Gasteiger partial charge in [0.05, 0.1) is 60.7 Å². The Labute approximate surface area is 352 Å². The fourth-order valence-corrected chi connectivity index (χ4v) is 6.17. The second-order valence-electron chi connectivity index (χ2n) is 14.4. The molecule has 16 heteroatoms. The van der Waals surface area contributed by atoms with Gasteiger partial charge in [0.15, 0.2) is 0 Å². The van der Waals surface area contributed by atoms with Crippen LogP contribution in [-0.2, 0) is 28.8 Å². The highest BCUT2D eigenvalue weighted by Crippen LogP contribution is 2.09. The van der Waals surface area contributed by atoms with E-state index in [-0.39, 0.29) is 140 Å². The van der Waals surface area contributed by atoms with Crippen molar-refractivity contribution in [2.75, 3.05) is 39.3 Å². The van der Waals surface area contributed by atoms with Crippen molar-refractivity contribution in [1.29, 1.82) is 0 Å². The molecule has 0 radical (unpaired) electrons. The van der Waals surface area contributed by atoms with Crippen LogP contribution in [-0.4, -0.2) is 155 Å². The molecular weight excluding hydrogens is 748 g/mol. The van der Waals surface area contributed by atoms with Gasteiger partial charge in [0.2, 0.25) is 0 Å². The molecule has 0 aromatic carbocycles. The summed E-state index contributed by atoms with van der Waals surface area (Å²) in [4.78, 5) is 63.6. The average molecular weight is 839 g/mol. The predicted molar refractivity (Wildman–Crippen MR) is 236 cm³/mol. The van der Waals surface area contributed by atoms with Gasteiger partial charge in [-0.15, -0.1) is 0 Å². The normalized spacial score (nSPS) is 29.5. The smallest absolute Gasteiger partial charge is 0.146 e. The second-order valence-corrected chi connectivity index (χ2v) is 14.4. The summed E-state index contributed by atoms with van der Waals surface area (Å²) in [6.45, 7) is 13.7. The van der Waals surface area contributed by atoms with Gasteiger partial charge in [0, 0.05) is 26.2 Å². The van der Waals surface area contributed by atoms with Gasteiger partial charge >= 0.3 is 0 Å². The second kappa shape index (κ2) is 36.5. The van der Waals surface area contributed by atoms with Crippen LogP contribution < -0.4 is 31.9 Å². The quantitative estimate of drug-likeness (QED) is 0.183. The van der Waals surface area contributed by atoms with Crippen molar-refractivity contribution in [1.82, 2.24) is 31.9 Å². The largest absolute Gasteiger partial charge is 0.392 e. The van der Waals surface area contributed by atoms with E-state index in [1.165, 1.54) is 27.7 Å². The minimum atomic E-state index is -0.320. The summed E-state index contributed by atoms with van der Waals surface area (Å²) in [5, 5.41) is 53.6. The molecule has 0 aromatic heterocycles. The number of β-amino-alcohol motifs (C(OH)–C–C–N with tert-alkyl or cyclic N) is 4. The van der Waals surface area contributed by atoms with Crippen LogP contribution in [0.25, 0.3) is 0 Å². The molecule has 2 unspecified atom stereocenters. The molecule has 348 valence electrons. The van der Waals surface area contributed by atoms with Gasteiger partial charge in [0.1, 0.15) is 34.7 Å². The molecule has 0 saturated carbocycles. The lowest BCUT2D eigenvalue weighted by molar-refractivity contribution is -0.119. The molecule has 6 aliphatic heterocycles.